The number of likely N-dealkylation sites (tertiary alicyclic amines) is 1. The van der Waals surface area contributed by atoms with E-state index in [2.05, 4.69) is 27.4 Å². The van der Waals surface area contributed by atoms with E-state index < -0.39 is 0 Å². The molecule has 5 nitrogen and oxygen atoms in total. The van der Waals surface area contributed by atoms with Crippen molar-refractivity contribution in [3.63, 3.8) is 0 Å². The lowest BCUT2D eigenvalue weighted by Crippen LogP contribution is -2.15. The minimum atomic E-state index is 0.686. The summed E-state index contributed by atoms with van der Waals surface area (Å²) in [4.78, 5) is 6.80. The molecule has 0 bridgehead atoms. The first kappa shape index (κ1) is 12.5. The van der Waals surface area contributed by atoms with Gasteiger partial charge in [0.15, 0.2) is 5.82 Å². The molecular weight excluding hydrogens is 216 g/mol. The third kappa shape index (κ3) is 3.78. The standard InChI is InChI=1S/C12H22N4O/c1-13-6-3-4-11-14-12(17-15-11)8-10-5-7-16(2)9-10/h10,13H,3-9H2,1-2H3. The fraction of sp³-hybridized carbons (Fsp3) is 0.833. The number of aromatic nitrogens is 2. The predicted molar refractivity (Wildman–Crippen MR) is 65.9 cm³/mol. The van der Waals surface area contributed by atoms with E-state index in [-0.39, 0.29) is 0 Å². The molecule has 1 N–H and O–H groups in total. The molecule has 5 heteroatoms. The number of nitrogens with one attached hydrogen (secondary N) is 1. The topological polar surface area (TPSA) is 54.2 Å². The summed E-state index contributed by atoms with van der Waals surface area (Å²) in [6.07, 6.45) is 4.13. The molecule has 1 aliphatic rings. The molecule has 1 aromatic heterocycles. The Balaban J connectivity index is 1.77. The maximum Gasteiger partial charge on any atom is 0.226 e. The summed E-state index contributed by atoms with van der Waals surface area (Å²) < 4.78 is 5.29. The van der Waals surface area contributed by atoms with E-state index in [1.54, 1.807) is 0 Å². The smallest absolute Gasteiger partial charge is 0.226 e. The van der Waals surface area contributed by atoms with Crippen molar-refractivity contribution in [2.45, 2.75) is 25.7 Å². The van der Waals surface area contributed by atoms with E-state index >= 15 is 0 Å². The fourth-order valence-electron chi connectivity index (χ4n) is 2.34. The molecule has 2 rings (SSSR count). The Morgan fingerprint density at radius 3 is 3.12 bits per heavy atom. The number of rotatable bonds is 6. The van der Waals surface area contributed by atoms with Crippen LogP contribution in [0.5, 0.6) is 0 Å². The maximum absolute atomic E-state index is 5.29. The minimum Gasteiger partial charge on any atom is -0.339 e. The highest BCUT2D eigenvalue weighted by atomic mass is 16.5. The van der Waals surface area contributed by atoms with Crippen molar-refractivity contribution in [2.24, 2.45) is 5.92 Å². The van der Waals surface area contributed by atoms with Crippen LogP contribution in [0.25, 0.3) is 0 Å². The molecule has 2 heterocycles. The first-order chi connectivity index (χ1) is 8.28. The van der Waals surface area contributed by atoms with E-state index in [4.69, 9.17) is 4.52 Å². The van der Waals surface area contributed by atoms with E-state index in [0.717, 1.165) is 44.1 Å². The molecule has 17 heavy (non-hydrogen) atoms. The van der Waals surface area contributed by atoms with Crippen LogP contribution >= 0.6 is 0 Å². The molecule has 0 amide bonds. The molecule has 1 unspecified atom stereocenters. The number of hydrogen-bond acceptors (Lipinski definition) is 5. The molecule has 0 radical (unpaired) electrons. The summed E-state index contributed by atoms with van der Waals surface area (Å²) in [5, 5.41) is 7.14. The SMILES string of the molecule is CNCCCc1noc(CC2CCN(C)C2)n1. The average molecular weight is 238 g/mol. The third-order valence-corrected chi connectivity index (χ3v) is 3.29. The molecule has 1 atom stereocenters. The summed E-state index contributed by atoms with van der Waals surface area (Å²) >= 11 is 0. The van der Waals surface area contributed by atoms with Crippen molar-refractivity contribution in [2.75, 3.05) is 33.7 Å². The van der Waals surface area contributed by atoms with Gasteiger partial charge in [0.1, 0.15) is 0 Å². The van der Waals surface area contributed by atoms with Crippen molar-refractivity contribution in [3.05, 3.63) is 11.7 Å². The van der Waals surface area contributed by atoms with Gasteiger partial charge in [-0.1, -0.05) is 5.16 Å². The minimum absolute atomic E-state index is 0.686. The fourth-order valence-corrected chi connectivity index (χ4v) is 2.34. The van der Waals surface area contributed by atoms with E-state index in [1.165, 1.54) is 13.0 Å². The molecule has 1 saturated heterocycles. The Kier molecular flexibility index (Phi) is 4.50. The van der Waals surface area contributed by atoms with Gasteiger partial charge >= 0.3 is 0 Å². The maximum atomic E-state index is 5.29. The second-order valence-electron chi connectivity index (χ2n) is 4.93. The summed E-state index contributed by atoms with van der Waals surface area (Å²) in [7, 11) is 4.12. The lowest BCUT2D eigenvalue weighted by Gasteiger charge is -2.06. The molecule has 0 spiro atoms. The van der Waals surface area contributed by atoms with Gasteiger partial charge in [0.25, 0.3) is 0 Å². The number of nitrogens with zero attached hydrogens (tertiary/aromatic N) is 3. The van der Waals surface area contributed by atoms with Crippen molar-refractivity contribution >= 4 is 0 Å². The monoisotopic (exact) mass is 238 g/mol. The van der Waals surface area contributed by atoms with Gasteiger partial charge in [-0.15, -0.1) is 0 Å². The highest BCUT2D eigenvalue weighted by molar-refractivity contribution is 4.90. The molecule has 0 saturated carbocycles. The van der Waals surface area contributed by atoms with Crippen molar-refractivity contribution in [3.8, 4) is 0 Å². The highest BCUT2D eigenvalue weighted by Gasteiger charge is 2.22. The Bertz CT molecular complexity index is 339. The van der Waals surface area contributed by atoms with Crippen LogP contribution in [0.15, 0.2) is 4.52 Å². The predicted octanol–water partition coefficient (Wildman–Crippen LogP) is 0.716. The van der Waals surface area contributed by atoms with Crippen molar-refractivity contribution in [1.82, 2.24) is 20.4 Å². The zero-order chi connectivity index (χ0) is 12.1. The van der Waals surface area contributed by atoms with Crippen LogP contribution in [0.1, 0.15) is 24.6 Å². The quantitative estimate of drug-likeness (QED) is 0.740. The Morgan fingerprint density at radius 1 is 1.53 bits per heavy atom. The highest BCUT2D eigenvalue weighted by Crippen LogP contribution is 2.18. The van der Waals surface area contributed by atoms with Gasteiger partial charge in [-0.2, -0.15) is 4.98 Å². The summed E-state index contributed by atoms with van der Waals surface area (Å²) in [6, 6.07) is 0. The molecule has 0 aromatic carbocycles. The lowest BCUT2D eigenvalue weighted by atomic mass is 10.1. The van der Waals surface area contributed by atoms with Gasteiger partial charge < -0.3 is 14.7 Å². The van der Waals surface area contributed by atoms with Crippen LogP contribution in [0.3, 0.4) is 0 Å². The van der Waals surface area contributed by atoms with E-state index in [0.29, 0.717) is 5.92 Å². The average Bonchev–Trinajstić information content (AvgIpc) is 2.90. The Hall–Kier alpha value is -0.940. The first-order valence-electron chi connectivity index (χ1n) is 6.42. The molecule has 96 valence electrons. The van der Waals surface area contributed by atoms with Crippen LogP contribution < -0.4 is 5.32 Å². The first-order valence-corrected chi connectivity index (χ1v) is 6.42. The largest absolute Gasteiger partial charge is 0.339 e. The van der Waals surface area contributed by atoms with E-state index in [9.17, 15) is 0 Å². The second-order valence-corrected chi connectivity index (χ2v) is 4.93. The molecule has 1 fully saturated rings. The number of aryl methyl sites for hydroxylation is 1. The lowest BCUT2D eigenvalue weighted by molar-refractivity contribution is 0.340. The van der Waals surface area contributed by atoms with Crippen LogP contribution in [-0.4, -0.2) is 48.8 Å². The van der Waals surface area contributed by atoms with Crippen molar-refractivity contribution in [1.29, 1.82) is 0 Å². The van der Waals surface area contributed by atoms with Crippen LogP contribution in [0, 0.1) is 5.92 Å². The zero-order valence-corrected chi connectivity index (χ0v) is 10.8. The molecule has 1 aliphatic heterocycles. The zero-order valence-electron chi connectivity index (χ0n) is 10.8. The molecule has 0 aliphatic carbocycles. The van der Waals surface area contributed by atoms with Crippen LogP contribution in [0.2, 0.25) is 0 Å². The summed E-state index contributed by atoms with van der Waals surface area (Å²) in [5.41, 5.74) is 0. The normalized spacial score (nSPS) is 21.2. The van der Waals surface area contributed by atoms with Crippen LogP contribution in [-0.2, 0) is 12.8 Å². The van der Waals surface area contributed by atoms with Gasteiger partial charge in [0, 0.05) is 19.4 Å². The van der Waals surface area contributed by atoms with Gasteiger partial charge in [0.05, 0.1) is 0 Å². The number of hydrogen-bond donors (Lipinski definition) is 1. The molecular formula is C12H22N4O. The Morgan fingerprint density at radius 2 is 2.41 bits per heavy atom. The van der Waals surface area contributed by atoms with Gasteiger partial charge in [0.2, 0.25) is 5.89 Å². The summed E-state index contributed by atoms with van der Waals surface area (Å²) in [5.74, 6) is 2.34. The third-order valence-electron chi connectivity index (χ3n) is 3.29. The van der Waals surface area contributed by atoms with Crippen LogP contribution in [0.4, 0.5) is 0 Å². The Labute approximate surface area is 103 Å². The van der Waals surface area contributed by atoms with Gasteiger partial charge in [-0.3, -0.25) is 0 Å². The summed E-state index contributed by atoms with van der Waals surface area (Å²) in [6.45, 7) is 3.34. The molecule has 1 aromatic rings. The van der Waals surface area contributed by atoms with Gasteiger partial charge in [-0.05, 0) is 45.9 Å². The second kappa shape index (κ2) is 6.12. The van der Waals surface area contributed by atoms with Gasteiger partial charge in [-0.25, -0.2) is 0 Å². The van der Waals surface area contributed by atoms with Crippen molar-refractivity contribution < 1.29 is 4.52 Å². The van der Waals surface area contributed by atoms with E-state index in [1.807, 2.05) is 7.05 Å².